The number of nitrogen functional groups attached to an aromatic ring is 1. The second-order valence-corrected chi connectivity index (χ2v) is 3.74. The molecule has 16 heavy (non-hydrogen) atoms. The molecule has 1 aromatic heterocycles. The maximum atomic E-state index is 11.8. The molecule has 1 aromatic rings. The molecule has 0 atom stereocenters. The van der Waals surface area contributed by atoms with Crippen LogP contribution in [0.4, 0.5) is 5.69 Å². The van der Waals surface area contributed by atoms with Gasteiger partial charge in [0.05, 0.1) is 18.5 Å². The summed E-state index contributed by atoms with van der Waals surface area (Å²) in [5.74, 6) is -0.222. The lowest BCUT2D eigenvalue weighted by Gasteiger charge is -2.11. The second-order valence-electron chi connectivity index (χ2n) is 3.74. The number of hydrogen-bond donors (Lipinski definition) is 2. The number of amides is 1. The summed E-state index contributed by atoms with van der Waals surface area (Å²) >= 11 is 0. The third kappa shape index (κ3) is 2.73. The molecular formula is C10H18N4O2. The van der Waals surface area contributed by atoms with Gasteiger partial charge in [0.1, 0.15) is 5.69 Å². The van der Waals surface area contributed by atoms with Crippen LogP contribution in [0.25, 0.3) is 0 Å². The van der Waals surface area contributed by atoms with Gasteiger partial charge in [-0.1, -0.05) is 0 Å². The van der Waals surface area contributed by atoms with Gasteiger partial charge in [0.15, 0.2) is 0 Å². The number of carbonyl (C=O) groups is 1. The van der Waals surface area contributed by atoms with Crippen LogP contribution in [0.3, 0.4) is 0 Å². The predicted molar refractivity (Wildman–Crippen MR) is 61.2 cm³/mol. The first kappa shape index (κ1) is 12.5. The van der Waals surface area contributed by atoms with Crippen molar-refractivity contribution in [1.82, 2.24) is 15.1 Å². The second kappa shape index (κ2) is 5.50. The molecule has 3 N–H and O–H groups in total. The van der Waals surface area contributed by atoms with Crippen LogP contribution in [0.15, 0.2) is 6.20 Å². The van der Waals surface area contributed by atoms with Crippen molar-refractivity contribution in [3.63, 3.8) is 0 Å². The highest BCUT2D eigenvalue weighted by Gasteiger charge is 2.17. The van der Waals surface area contributed by atoms with Crippen molar-refractivity contribution in [3.05, 3.63) is 11.9 Å². The third-order valence-electron chi connectivity index (χ3n) is 2.12. The highest BCUT2D eigenvalue weighted by molar-refractivity contribution is 5.97. The van der Waals surface area contributed by atoms with Crippen molar-refractivity contribution >= 4 is 11.6 Å². The molecule has 90 valence electrons. The maximum absolute atomic E-state index is 11.8. The van der Waals surface area contributed by atoms with Crippen molar-refractivity contribution in [3.8, 4) is 0 Å². The fourth-order valence-electron chi connectivity index (χ4n) is 1.35. The lowest BCUT2D eigenvalue weighted by Crippen LogP contribution is -2.30. The normalized spacial score (nSPS) is 10.8. The van der Waals surface area contributed by atoms with Crippen molar-refractivity contribution in [2.24, 2.45) is 0 Å². The van der Waals surface area contributed by atoms with E-state index in [1.54, 1.807) is 11.8 Å². The van der Waals surface area contributed by atoms with E-state index in [0.29, 0.717) is 24.5 Å². The molecule has 1 rings (SSSR count). The van der Waals surface area contributed by atoms with Crippen LogP contribution < -0.4 is 11.1 Å². The van der Waals surface area contributed by atoms with E-state index in [9.17, 15) is 4.79 Å². The van der Waals surface area contributed by atoms with E-state index in [2.05, 4.69) is 10.4 Å². The number of nitrogens with one attached hydrogen (secondary N) is 1. The fourth-order valence-corrected chi connectivity index (χ4v) is 1.35. The number of anilines is 1. The molecule has 0 radical (unpaired) electrons. The van der Waals surface area contributed by atoms with Gasteiger partial charge in [0, 0.05) is 19.7 Å². The summed E-state index contributed by atoms with van der Waals surface area (Å²) in [6, 6.07) is 0.0977. The Hall–Kier alpha value is -1.56. The Morgan fingerprint density at radius 2 is 2.38 bits per heavy atom. The zero-order valence-electron chi connectivity index (χ0n) is 9.86. The largest absolute Gasteiger partial charge is 0.396 e. The van der Waals surface area contributed by atoms with Gasteiger partial charge in [-0.3, -0.25) is 9.48 Å². The van der Waals surface area contributed by atoms with E-state index in [0.717, 1.165) is 0 Å². The molecule has 0 aliphatic carbocycles. The number of nitrogens with zero attached hydrogens (tertiary/aromatic N) is 2. The summed E-state index contributed by atoms with van der Waals surface area (Å²) in [6.45, 7) is 4.82. The molecule has 1 amide bonds. The quantitative estimate of drug-likeness (QED) is 0.713. The van der Waals surface area contributed by atoms with Crippen molar-refractivity contribution < 1.29 is 9.53 Å². The van der Waals surface area contributed by atoms with Gasteiger partial charge in [-0.15, -0.1) is 0 Å². The van der Waals surface area contributed by atoms with Gasteiger partial charge in [0.2, 0.25) is 0 Å². The van der Waals surface area contributed by atoms with E-state index < -0.39 is 0 Å². The van der Waals surface area contributed by atoms with E-state index in [1.807, 2.05) is 13.8 Å². The average molecular weight is 226 g/mol. The number of ether oxygens (including phenoxy) is 1. The molecule has 0 saturated carbocycles. The van der Waals surface area contributed by atoms with Crippen LogP contribution in [0, 0.1) is 0 Å². The van der Waals surface area contributed by atoms with Crippen LogP contribution in [0.1, 0.15) is 30.4 Å². The summed E-state index contributed by atoms with van der Waals surface area (Å²) in [7, 11) is 1.58. The van der Waals surface area contributed by atoms with Gasteiger partial charge in [-0.25, -0.2) is 0 Å². The molecule has 0 unspecified atom stereocenters. The predicted octanol–water partition coefficient (Wildman–Crippen LogP) is 0.422. The van der Waals surface area contributed by atoms with Crippen molar-refractivity contribution in [2.75, 3.05) is 26.0 Å². The summed E-state index contributed by atoms with van der Waals surface area (Å²) < 4.78 is 6.46. The molecule has 0 aromatic carbocycles. The molecule has 0 spiro atoms. The zero-order valence-corrected chi connectivity index (χ0v) is 9.86. The first-order valence-electron chi connectivity index (χ1n) is 5.18. The summed E-state index contributed by atoms with van der Waals surface area (Å²) in [5.41, 5.74) is 6.51. The van der Waals surface area contributed by atoms with Crippen LogP contribution in [0.2, 0.25) is 0 Å². The molecular weight excluding hydrogens is 208 g/mol. The minimum atomic E-state index is -0.222. The van der Waals surface area contributed by atoms with Gasteiger partial charge in [0.25, 0.3) is 5.91 Å². The third-order valence-corrected chi connectivity index (χ3v) is 2.12. The number of aromatic nitrogens is 2. The average Bonchev–Trinajstić information content (AvgIpc) is 2.60. The number of hydrogen-bond acceptors (Lipinski definition) is 4. The Morgan fingerprint density at radius 3 is 2.94 bits per heavy atom. The van der Waals surface area contributed by atoms with E-state index in [-0.39, 0.29) is 11.9 Å². The molecule has 6 heteroatoms. The highest BCUT2D eigenvalue weighted by Crippen LogP contribution is 2.15. The van der Waals surface area contributed by atoms with E-state index >= 15 is 0 Å². The molecule has 6 nitrogen and oxygen atoms in total. The Bertz CT molecular complexity index is 360. The van der Waals surface area contributed by atoms with Crippen LogP contribution in [-0.2, 0) is 4.74 Å². The first-order valence-corrected chi connectivity index (χ1v) is 5.18. The number of methoxy groups -OCH3 is 1. The van der Waals surface area contributed by atoms with Crippen molar-refractivity contribution in [1.29, 1.82) is 0 Å². The Morgan fingerprint density at radius 1 is 1.69 bits per heavy atom. The lowest BCUT2D eigenvalue weighted by atomic mass is 10.3. The number of carbonyl (C=O) groups excluding carboxylic acids is 1. The number of nitrogens with two attached hydrogens (primary N) is 1. The minimum Gasteiger partial charge on any atom is -0.396 e. The van der Waals surface area contributed by atoms with Crippen LogP contribution in [0.5, 0.6) is 0 Å². The molecule has 0 aliphatic rings. The lowest BCUT2D eigenvalue weighted by molar-refractivity contribution is 0.0925. The Labute approximate surface area is 94.8 Å². The van der Waals surface area contributed by atoms with Crippen LogP contribution >= 0.6 is 0 Å². The summed E-state index contributed by atoms with van der Waals surface area (Å²) in [5, 5.41) is 6.78. The number of rotatable bonds is 5. The maximum Gasteiger partial charge on any atom is 0.271 e. The Balaban J connectivity index is 2.77. The van der Waals surface area contributed by atoms with Crippen molar-refractivity contribution in [2.45, 2.75) is 19.9 Å². The monoisotopic (exact) mass is 226 g/mol. The Kier molecular flexibility index (Phi) is 4.30. The molecule has 0 bridgehead atoms. The molecule has 1 heterocycles. The van der Waals surface area contributed by atoms with Gasteiger partial charge in [-0.05, 0) is 13.8 Å². The molecule has 0 aliphatic heterocycles. The summed E-state index contributed by atoms with van der Waals surface area (Å²) in [6.07, 6.45) is 1.49. The van der Waals surface area contributed by atoms with Crippen LogP contribution in [-0.4, -0.2) is 35.9 Å². The SMILES string of the molecule is COCCNC(=O)c1c(N)cnn1C(C)C. The molecule has 0 fully saturated rings. The van der Waals surface area contributed by atoms with Gasteiger partial charge >= 0.3 is 0 Å². The first-order chi connectivity index (χ1) is 7.57. The zero-order chi connectivity index (χ0) is 12.1. The minimum absolute atomic E-state index is 0.0977. The van der Waals surface area contributed by atoms with Gasteiger partial charge < -0.3 is 15.8 Å². The smallest absolute Gasteiger partial charge is 0.271 e. The highest BCUT2D eigenvalue weighted by atomic mass is 16.5. The summed E-state index contributed by atoms with van der Waals surface area (Å²) in [4.78, 5) is 11.8. The topological polar surface area (TPSA) is 82.2 Å². The standard InChI is InChI=1S/C10H18N4O2/c1-7(2)14-9(8(11)6-13-14)10(15)12-4-5-16-3/h6-7H,4-5,11H2,1-3H3,(H,12,15). The van der Waals surface area contributed by atoms with Gasteiger partial charge in [-0.2, -0.15) is 5.10 Å². The van der Waals surface area contributed by atoms with E-state index in [1.165, 1.54) is 6.20 Å². The fraction of sp³-hybridized carbons (Fsp3) is 0.600. The molecule has 0 saturated heterocycles. The van der Waals surface area contributed by atoms with E-state index in [4.69, 9.17) is 10.5 Å².